The normalized spacial score (nSPS) is 18.7. The van der Waals surface area contributed by atoms with Crippen molar-refractivity contribution in [3.05, 3.63) is 62.6 Å². The third-order valence-electron chi connectivity index (χ3n) is 5.61. The number of likely N-dealkylation sites (tertiary alicyclic amines) is 1. The van der Waals surface area contributed by atoms with Crippen molar-refractivity contribution in [3.63, 3.8) is 0 Å². The van der Waals surface area contributed by atoms with Crippen molar-refractivity contribution in [2.75, 3.05) is 13.1 Å². The van der Waals surface area contributed by atoms with E-state index in [1.807, 2.05) is 31.7 Å². The van der Waals surface area contributed by atoms with Crippen molar-refractivity contribution in [2.24, 2.45) is 0 Å². The van der Waals surface area contributed by atoms with Gasteiger partial charge < -0.3 is 9.64 Å². The lowest BCUT2D eigenvalue weighted by molar-refractivity contribution is 0.0180. The zero-order chi connectivity index (χ0) is 20.7. The first-order chi connectivity index (χ1) is 13.0. The smallest absolute Gasteiger partial charge is 0.410 e. The number of amides is 1. The molecule has 1 saturated heterocycles. The quantitative estimate of drug-likeness (QED) is 0.403. The van der Waals surface area contributed by atoms with Crippen molar-refractivity contribution in [1.29, 1.82) is 0 Å². The molecule has 0 N–H and O–H groups in total. The van der Waals surface area contributed by atoms with Crippen LogP contribution in [0, 0.1) is 0 Å². The van der Waals surface area contributed by atoms with E-state index in [4.69, 9.17) is 4.74 Å². The number of benzene rings is 1. The third kappa shape index (κ3) is 4.16. The Kier molecular flexibility index (Phi) is 5.98. The minimum atomic E-state index is -0.469. The average Bonchev–Trinajstić information content (AvgIpc) is 2.81. The molecule has 3 rings (SSSR count). The van der Waals surface area contributed by atoms with Crippen molar-refractivity contribution in [3.8, 4) is 0 Å². The highest BCUT2D eigenvalue weighted by Crippen LogP contribution is 2.53. The summed E-state index contributed by atoms with van der Waals surface area (Å²) in [5.74, 6) is 0. The summed E-state index contributed by atoms with van der Waals surface area (Å²) >= 11 is 7.06. The van der Waals surface area contributed by atoms with Gasteiger partial charge in [0.25, 0.3) is 0 Å². The molecule has 0 atom stereocenters. The molecule has 1 fully saturated rings. The van der Waals surface area contributed by atoms with E-state index in [1.54, 1.807) is 0 Å². The second kappa shape index (κ2) is 7.83. The Morgan fingerprint density at radius 1 is 1.29 bits per heavy atom. The van der Waals surface area contributed by atoms with E-state index in [2.05, 4.69) is 69.6 Å². The molecule has 1 heterocycles. The van der Waals surface area contributed by atoms with Crippen molar-refractivity contribution in [1.82, 2.24) is 4.90 Å². The first-order valence-corrected chi connectivity index (χ1v) is 11.1. The Morgan fingerprint density at radius 3 is 2.50 bits per heavy atom. The van der Waals surface area contributed by atoms with Crippen molar-refractivity contribution in [2.45, 2.75) is 51.6 Å². The first-order valence-electron chi connectivity index (χ1n) is 9.56. The van der Waals surface area contributed by atoms with Gasteiger partial charge in [-0.1, -0.05) is 56.2 Å². The van der Waals surface area contributed by atoms with Crippen molar-refractivity contribution >= 4 is 43.5 Å². The molecule has 0 unspecified atom stereocenters. The molecule has 0 bridgehead atoms. The Labute approximate surface area is 184 Å². The van der Waals surface area contributed by atoms with Gasteiger partial charge >= 0.3 is 6.09 Å². The van der Waals surface area contributed by atoms with E-state index in [-0.39, 0.29) is 11.5 Å². The Balaban J connectivity index is 1.92. The molecule has 1 spiro atoms. The highest BCUT2D eigenvalue weighted by molar-refractivity contribution is 9.11. The number of carbonyl (C=O) groups is 1. The molecule has 1 aromatic carbocycles. The molecule has 150 valence electrons. The van der Waals surface area contributed by atoms with Gasteiger partial charge in [0.15, 0.2) is 0 Å². The highest BCUT2D eigenvalue weighted by atomic mass is 79.9. The van der Waals surface area contributed by atoms with Gasteiger partial charge in [-0.25, -0.2) is 4.79 Å². The van der Waals surface area contributed by atoms with Crippen LogP contribution in [0.2, 0.25) is 0 Å². The number of carbonyl (C=O) groups excluding carboxylic acids is 1. The number of halogens is 2. The lowest BCUT2D eigenvalue weighted by Crippen LogP contribution is -2.46. The molecule has 2 aliphatic rings. The lowest BCUT2D eigenvalue weighted by Gasteiger charge is -2.41. The number of ether oxygens (including phenoxy) is 1. The van der Waals surface area contributed by atoms with E-state index >= 15 is 0 Å². The van der Waals surface area contributed by atoms with Crippen LogP contribution in [0.1, 0.15) is 51.7 Å². The van der Waals surface area contributed by atoms with Crippen LogP contribution in [0.3, 0.4) is 0 Å². The van der Waals surface area contributed by atoms with Crippen LogP contribution in [-0.4, -0.2) is 29.7 Å². The van der Waals surface area contributed by atoms with Crippen LogP contribution in [0.5, 0.6) is 0 Å². The number of hydrogen-bond donors (Lipinski definition) is 0. The maximum atomic E-state index is 12.5. The number of nitrogens with zero attached hydrogens (tertiary/aromatic N) is 1. The summed E-state index contributed by atoms with van der Waals surface area (Å²) < 4.78 is 7.51. The summed E-state index contributed by atoms with van der Waals surface area (Å²) in [6.45, 7) is 13.3. The van der Waals surface area contributed by atoms with Crippen LogP contribution in [0.25, 0.3) is 5.57 Å². The fraction of sp³-hybridized carbons (Fsp3) is 0.435. The summed E-state index contributed by atoms with van der Waals surface area (Å²) in [5.41, 5.74) is 4.75. The number of allylic oxidation sites excluding steroid dienone is 5. The molecular weight excluding hydrogens is 482 g/mol. The number of rotatable bonds is 2. The predicted octanol–water partition coefficient (Wildman–Crippen LogP) is 6.97. The second-order valence-electron chi connectivity index (χ2n) is 8.56. The summed E-state index contributed by atoms with van der Waals surface area (Å²) in [6.07, 6.45) is 5.72. The van der Waals surface area contributed by atoms with Gasteiger partial charge in [0.2, 0.25) is 0 Å². The summed E-state index contributed by atoms with van der Waals surface area (Å²) in [4.78, 5) is 14.3. The molecule has 3 nitrogen and oxygen atoms in total. The molecule has 1 aliphatic heterocycles. The zero-order valence-electron chi connectivity index (χ0n) is 16.9. The topological polar surface area (TPSA) is 29.5 Å². The molecule has 1 amide bonds. The van der Waals surface area contributed by atoms with Gasteiger partial charge in [-0.05, 0) is 75.4 Å². The molecule has 0 saturated carbocycles. The minimum Gasteiger partial charge on any atom is -0.444 e. The number of fused-ring (bicyclic) bond motifs is 2. The fourth-order valence-electron chi connectivity index (χ4n) is 4.24. The standard InChI is InChI=1S/C23H27Br2NO2/c1-15(24)6-8-18-16(2)23(20-14-17(25)7-9-19(18)20)10-12-26(13-11-23)21(27)28-22(3,4)5/h6-9,14H,1,10-13H2,2-5H3/b8-6-. The Morgan fingerprint density at radius 2 is 1.93 bits per heavy atom. The molecule has 0 aromatic heterocycles. The minimum absolute atomic E-state index is 0.0368. The van der Waals surface area contributed by atoms with E-state index in [0.717, 1.165) is 21.8 Å². The van der Waals surface area contributed by atoms with E-state index in [9.17, 15) is 4.79 Å². The van der Waals surface area contributed by atoms with Gasteiger partial charge in [-0.15, -0.1) is 0 Å². The zero-order valence-corrected chi connectivity index (χ0v) is 20.1. The van der Waals surface area contributed by atoms with Crippen LogP contribution in [0.15, 0.2) is 51.5 Å². The van der Waals surface area contributed by atoms with E-state index < -0.39 is 5.60 Å². The molecule has 28 heavy (non-hydrogen) atoms. The lowest BCUT2D eigenvalue weighted by atomic mass is 9.70. The summed E-state index contributed by atoms with van der Waals surface area (Å²) in [5, 5.41) is 0. The Hall–Kier alpha value is -1.33. The van der Waals surface area contributed by atoms with Crippen LogP contribution in [0.4, 0.5) is 4.79 Å². The molecule has 5 heteroatoms. The van der Waals surface area contributed by atoms with Gasteiger partial charge in [0.05, 0.1) is 0 Å². The molecular formula is C23H27Br2NO2. The van der Waals surface area contributed by atoms with Crippen LogP contribution in [-0.2, 0) is 10.2 Å². The van der Waals surface area contributed by atoms with Crippen LogP contribution >= 0.6 is 31.9 Å². The van der Waals surface area contributed by atoms with Crippen molar-refractivity contribution < 1.29 is 9.53 Å². The van der Waals surface area contributed by atoms with Gasteiger partial charge in [-0.2, -0.15) is 0 Å². The maximum absolute atomic E-state index is 12.5. The van der Waals surface area contributed by atoms with E-state index in [1.165, 1.54) is 22.3 Å². The predicted molar refractivity (Wildman–Crippen MR) is 123 cm³/mol. The molecule has 1 aromatic rings. The van der Waals surface area contributed by atoms with Gasteiger partial charge in [0, 0.05) is 27.5 Å². The van der Waals surface area contributed by atoms with Gasteiger partial charge in [-0.3, -0.25) is 0 Å². The maximum Gasteiger partial charge on any atom is 0.410 e. The summed E-state index contributed by atoms with van der Waals surface area (Å²) in [7, 11) is 0. The summed E-state index contributed by atoms with van der Waals surface area (Å²) in [6, 6.07) is 6.53. The second-order valence-corrected chi connectivity index (χ2v) is 10.5. The number of piperidine rings is 1. The monoisotopic (exact) mass is 507 g/mol. The first kappa shape index (κ1) is 21.4. The highest BCUT2D eigenvalue weighted by Gasteiger charge is 2.45. The third-order valence-corrected chi connectivity index (χ3v) is 6.37. The Bertz CT molecular complexity index is 869. The van der Waals surface area contributed by atoms with E-state index in [0.29, 0.717) is 13.1 Å². The molecule has 0 radical (unpaired) electrons. The molecule has 1 aliphatic carbocycles. The number of hydrogen-bond acceptors (Lipinski definition) is 2. The largest absolute Gasteiger partial charge is 0.444 e. The fourth-order valence-corrected chi connectivity index (χ4v) is 4.73. The van der Waals surface area contributed by atoms with Crippen LogP contribution < -0.4 is 0 Å². The average molecular weight is 509 g/mol. The SMILES string of the molecule is C=C(Br)/C=C\C1=C(C)C2(CCN(C(=O)OC(C)(C)C)CC2)c2cc(Br)ccc21. The van der Waals surface area contributed by atoms with Gasteiger partial charge in [0.1, 0.15) is 5.60 Å².